The Balaban J connectivity index is 0.00000288. The summed E-state index contributed by atoms with van der Waals surface area (Å²) in [6, 6.07) is 13.8. The minimum absolute atomic E-state index is 0. The van der Waals surface area contributed by atoms with Crippen LogP contribution in [0.25, 0.3) is 0 Å². The number of benzene rings is 2. The van der Waals surface area contributed by atoms with E-state index < -0.39 is 0 Å². The maximum absolute atomic E-state index is 13.0. The van der Waals surface area contributed by atoms with Gasteiger partial charge in [-0.3, -0.25) is 4.79 Å². The van der Waals surface area contributed by atoms with E-state index in [9.17, 15) is 9.18 Å². The number of para-hydroxylation sites is 1. The second-order valence-corrected chi connectivity index (χ2v) is 5.61. The quantitative estimate of drug-likeness (QED) is 0.786. The van der Waals surface area contributed by atoms with E-state index in [2.05, 4.69) is 0 Å². The van der Waals surface area contributed by atoms with Gasteiger partial charge in [0.25, 0.3) is 0 Å². The number of nitrogen functional groups attached to an aromatic ring is 1. The van der Waals surface area contributed by atoms with E-state index in [1.807, 2.05) is 43.0 Å². The van der Waals surface area contributed by atoms with Crippen LogP contribution in [0.1, 0.15) is 37.4 Å². The lowest BCUT2D eigenvalue weighted by Gasteiger charge is -2.28. The number of hydrogen-bond donors (Lipinski definition) is 1. The summed E-state index contributed by atoms with van der Waals surface area (Å²) in [4.78, 5) is 14.4. The zero-order valence-corrected chi connectivity index (χ0v) is 14.9. The molecule has 2 aromatic rings. The predicted molar refractivity (Wildman–Crippen MR) is 98.6 cm³/mol. The Bertz CT molecular complexity index is 661. The van der Waals surface area contributed by atoms with Gasteiger partial charge in [0.15, 0.2) is 0 Å². The van der Waals surface area contributed by atoms with Gasteiger partial charge < -0.3 is 10.6 Å². The van der Waals surface area contributed by atoms with E-state index in [4.69, 9.17) is 5.73 Å². The maximum Gasteiger partial charge on any atom is 0.223 e. The molecule has 130 valence electrons. The number of nitrogens with two attached hydrogens (primary N) is 1. The van der Waals surface area contributed by atoms with E-state index in [1.165, 1.54) is 12.1 Å². The van der Waals surface area contributed by atoms with Crippen LogP contribution in [-0.2, 0) is 11.2 Å². The van der Waals surface area contributed by atoms with Crippen LogP contribution in [-0.4, -0.2) is 17.4 Å². The fourth-order valence-corrected chi connectivity index (χ4v) is 2.73. The SMILES string of the molecule is CCN(C(=O)CCc1ccccc1N)C(C)c1ccc(F)cc1.Cl. The molecular weight excluding hydrogens is 327 g/mol. The van der Waals surface area contributed by atoms with Crippen LogP contribution in [0.5, 0.6) is 0 Å². The van der Waals surface area contributed by atoms with E-state index in [0.717, 1.165) is 16.8 Å². The van der Waals surface area contributed by atoms with E-state index in [1.54, 1.807) is 12.1 Å². The van der Waals surface area contributed by atoms with Gasteiger partial charge in [-0.1, -0.05) is 30.3 Å². The first-order valence-electron chi connectivity index (χ1n) is 7.91. The second-order valence-electron chi connectivity index (χ2n) is 5.61. The van der Waals surface area contributed by atoms with Gasteiger partial charge in [0.1, 0.15) is 5.82 Å². The molecule has 24 heavy (non-hydrogen) atoms. The molecular formula is C19H24ClFN2O. The minimum atomic E-state index is -0.269. The molecule has 1 atom stereocenters. The van der Waals surface area contributed by atoms with Crippen molar-refractivity contribution in [2.45, 2.75) is 32.7 Å². The Morgan fingerprint density at radius 2 is 1.79 bits per heavy atom. The number of halogens is 2. The first-order valence-corrected chi connectivity index (χ1v) is 7.91. The van der Waals surface area contributed by atoms with Gasteiger partial charge in [-0.15, -0.1) is 12.4 Å². The zero-order valence-electron chi connectivity index (χ0n) is 14.0. The van der Waals surface area contributed by atoms with Crippen molar-refractivity contribution in [2.24, 2.45) is 0 Å². The molecule has 1 unspecified atom stereocenters. The molecule has 0 aliphatic carbocycles. The molecule has 0 saturated carbocycles. The topological polar surface area (TPSA) is 46.3 Å². The highest BCUT2D eigenvalue weighted by molar-refractivity contribution is 5.85. The van der Waals surface area contributed by atoms with Crippen molar-refractivity contribution in [1.82, 2.24) is 4.90 Å². The number of aryl methyl sites for hydroxylation is 1. The molecule has 0 aliphatic rings. The maximum atomic E-state index is 13.0. The average molecular weight is 351 g/mol. The first-order chi connectivity index (χ1) is 11.0. The molecule has 3 nitrogen and oxygen atoms in total. The van der Waals surface area contributed by atoms with Crippen LogP contribution in [0.2, 0.25) is 0 Å². The largest absolute Gasteiger partial charge is 0.399 e. The number of nitrogens with zero attached hydrogens (tertiary/aromatic N) is 1. The van der Waals surface area contributed by atoms with Gasteiger partial charge in [-0.25, -0.2) is 4.39 Å². The Kier molecular flexibility index (Phi) is 7.72. The normalized spacial score (nSPS) is 11.5. The highest BCUT2D eigenvalue weighted by atomic mass is 35.5. The van der Waals surface area contributed by atoms with Gasteiger partial charge in [0.2, 0.25) is 5.91 Å². The summed E-state index contributed by atoms with van der Waals surface area (Å²) in [7, 11) is 0. The van der Waals surface area contributed by atoms with Crippen LogP contribution >= 0.6 is 12.4 Å². The van der Waals surface area contributed by atoms with Crippen molar-refractivity contribution in [3.63, 3.8) is 0 Å². The minimum Gasteiger partial charge on any atom is -0.399 e. The van der Waals surface area contributed by atoms with Crippen LogP contribution in [0.3, 0.4) is 0 Å². The molecule has 2 rings (SSSR count). The summed E-state index contributed by atoms with van der Waals surface area (Å²) < 4.78 is 13.0. The molecule has 0 fully saturated rings. The Hall–Kier alpha value is -2.07. The predicted octanol–water partition coefficient (Wildman–Crippen LogP) is 4.37. The van der Waals surface area contributed by atoms with Crippen LogP contribution < -0.4 is 5.73 Å². The van der Waals surface area contributed by atoms with Crippen molar-refractivity contribution in [2.75, 3.05) is 12.3 Å². The molecule has 2 aromatic carbocycles. The van der Waals surface area contributed by atoms with E-state index in [0.29, 0.717) is 19.4 Å². The fraction of sp³-hybridized carbons (Fsp3) is 0.316. The molecule has 0 aromatic heterocycles. The molecule has 2 N–H and O–H groups in total. The Morgan fingerprint density at radius 1 is 1.17 bits per heavy atom. The van der Waals surface area contributed by atoms with Crippen LogP contribution in [0, 0.1) is 5.82 Å². The summed E-state index contributed by atoms with van der Waals surface area (Å²) in [6.07, 6.45) is 1.03. The third-order valence-corrected chi connectivity index (χ3v) is 4.14. The molecule has 0 saturated heterocycles. The molecule has 0 spiro atoms. The van der Waals surface area contributed by atoms with Crippen molar-refractivity contribution in [3.05, 3.63) is 65.5 Å². The van der Waals surface area contributed by atoms with Gasteiger partial charge >= 0.3 is 0 Å². The standard InChI is InChI=1S/C19H23FN2O.ClH/c1-3-22(14(2)15-8-11-17(20)12-9-15)19(23)13-10-16-6-4-5-7-18(16)21;/h4-9,11-12,14H,3,10,13,21H2,1-2H3;1H. The summed E-state index contributed by atoms with van der Waals surface area (Å²) in [5, 5.41) is 0. The van der Waals surface area contributed by atoms with Crippen molar-refractivity contribution in [3.8, 4) is 0 Å². The average Bonchev–Trinajstić information content (AvgIpc) is 2.55. The van der Waals surface area contributed by atoms with Gasteiger partial charge in [0.05, 0.1) is 6.04 Å². The summed E-state index contributed by atoms with van der Waals surface area (Å²) >= 11 is 0. The number of anilines is 1. The molecule has 5 heteroatoms. The molecule has 0 radical (unpaired) electrons. The zero-order chi connectivity index (χ0) is 16.8. The third kappa shape index (κ3) is 4.96. The lowest BCUT2D eigenvalue weighted by atomic mass is 10.0. The highest BCUT2D eigenvalue weighted by Crippen LogP contribution is 2.22. The molecule has 0 bridgehead atoms. The van der Waals surface area contributed by atoms with Crippen molar-refractivity contribution in [1.29, 1.82) is 0 Å². The molecule has 1 amide bonds. The first kappa shape index (κ1) is 20.0. The van der Waals surface area contributed by atoms with Crippen molar-refractivity contribution < 1.29 is 9.18 Å². The third-order valence-electron chi connectivity index (χ3n) is 4.14. The van der Waals surface area contributed by atoms with E-state index in [-0.39, 0.29) is 30.2 Å². The lowest BCUT2D eigenvalue weighted by molar-refractivity contribution is -0.133. The number of hydrogen-bond acceptors (Lipinski definition) is 2. The second kappa shape index (κ2) is 9.28. The lowest BCUT2D eigenvalue weighted by Crippen LogP contribution is -2.33. The van der Waals surface area contributed by atoms with Gasteiger partial charge in [-0.05, 0) is 49.6 Å². The molecule has 0 heterocycles. The molecule has 0 aliphatic heterocycles. The van der Waals surface area contributed by atoms with Gasteiger partial charge in [0, 0.05) is 18.7 Å². The van der Waals surface area contributed by atoms with Gasteiger partial charge in [-0.2, -0.15) is 0 Å². The Labute approximate surface area is 149 Å². The van der Waals surface area contributed by atoms with Crippen molar-refractivity contribution >= 4 is 24.0 Å². The Morgan fingerprint density at radius 3 is 2.38 bits per heavy atom. The highest BCUT2D eigenvalue weighted by Gasteiger charge is 2.19. The smallest absolute Gasteiger partial charge is 0.223 e. The van der Waals surface area contributed by atoms with Crippen LogP contribution in [0.4, 0.5) is 10.1 Å². The number of rotatable bonds is 6. The summed E-state index contributed by atoms with van der Waals surface area (Å²) in [5.41, 5.74) is 8.56. The summed E-state index contributed by atoms with van der Waals surface area (Å²) in [6.45, 7) is 4.53. The number of carbonyl (C=O) groups is 1. The number of carbonyl (C=O) groups excluding carboxylic acids is 1. The summed E-state index contributed by atoms with van der Waals surface area (Å²) in [5.74, 6) is -0.192. The number of amides is 1. The monoisotopic (exact) mass is 350 g/mol. The van der Waals surface area contributed by atoms with Crippen LogP contribution in [0.15, 0.2) is 48.5 Å². The fourth-order valence-electron chi connectivity index (χ4n) is 2.73. The van der Waals surface area contributed by atoms with E-state index >= 15 is 0 Å².